The van der Waals surface area contributed by atoms with Crippen molar-refractivity contribution in [2.45, 2.75) is 19.2 Å². The summed E-state index contributed by atoms with van der Waals surface area (Å²) in [5, 5.41) is 4.36. The van der Waals surface area contributed by atoms with E-state index in [0.717, 1.165) is 22.3 Å². The van der Waals surface area contributed by atoms with Crippen molar-refractivity contribution in [3.63, 3.8) is 0 Å². The number of hydrogen-bond acceptors (Lipinski definition) is 7. The molecule has 160 valence electrons. The summed E-state index contributed by atoms with van der Waals surface area (Å²) in [4.78, 5) is 8.84. The molecule has 0 spiro atoms. The molecule has 0 saturated heterocycles. The van der Waals surface area contributed by atoms with Crippen molar-refractivity contribution in [3.8, 4) is 17.2 Å². The van der Waals surface area contributed by atoms with Crippen molar-refractivity contribution in [1.82, 2.24) is 24.3 Å². The van der Waals surface area contributed by atoms with Crippen molar-refractivity contribution in [1.29, 1.82) is 0 Å². The quantitative estimate of drug-likeness (QED) is 0.454. The molecule has 3 aromatic heterocycles. The minimum Gasteiger partial charge on any atom is -0.493 e. The molecule has 1 aliphatic heterocycles. The van der Waals surface area contributed by atoms with Crippen LogP contribution in [-0.4, -0.2) is 51.7 Å². The lowest BCUT2D eigenvalue weighted by atomic mass is 10.1. The van der Waals surface area contributed by atoms with E-state index in [0.29, 0.717) is 43.6 Å². The van der Waals surface area contributed by atoms with Crippen LogP contribution >= 0.6 is 0 Å². The van der Waals surface area contributed by atoms with Crippen LogP contribution in [0, 0.1) is 0 Å². The second kappa shape index (κ2) is 8.27. The molecule has 1 aromatic carbocycles. The molecule has 1 atom stereocenters. The standard InChI is InChI=1S/C22H23N5O4/c1-28-7-6-27-12-16(10-25-27)20-13-30-19-9-15(8-18(29-2)21(19)31-20)11-26-14-24-17-4-3-5-23-22(17)26/h3-5,8-10,12,14,20H,6-7,11,13H2,1-2H3. The van der Waals surface area contributed by atoms with Gasteiger partial charge in [0.05, 0.1) is 39.3 Å². The predicted molar refractivity (Wildman–Crippen MR) is 113 cm³/mol. The highest BCUT2D eigenvalue weighted by Crippen LogP contribution is 2.44. The Kier molecular flexibility index (Phi) is 5.17. The lowest BCUT2D eigenvalue weighted by Crippen LogP contribution is -2.22. The van der Waals surface area contributed by atoms with Gasteiger partial charge in [0.15, 0.2) is 23.3 Å². The number of pyridine rings is 1. The van der Waals surface area contributed by atoms with E-state index >= 15 is 0 Å². The molecule has 9 heteroatoms. The number of imidazole rings is 1. The number of aromatic nitrogens is 5. The van der Waals surface area contributed by atoms with E-state index < -0.39 is 0 Å². The molecule has 31 heavy (non-hydrogen) atoms. The Morgan fingerprint density at radius 3 is 3.03 bits per heavy atom. The van der Waals surface area contributed by atoms with Gasteiger partial charge in [-0.1, -0.05) is 0 Å². The summed E-state index contributed by atoms with van der Waals surface area (Å²) >= 11 is 0. The first-order chi connectivity index (χ1) is 15.2. The number of ether oxygens (including phenoxy) is 4. The van der Waals surface area contributed by atoms with E-state index in [1.807, 2.05) is 39.7 Å². The van der Waals surface area contributed by atoms with Crippen LogP contribution in [0.25, 0.3) is 11.2 Å². The molecule has 0 saturated carbocycles. The van der Waals surface area contributed by atoms with Crippen LogP contribution in [0.4, 0.5) is 0 Å². The summed E-state index contributed by atoms with van der Waals surface area (Å²) in [5.74, 6) is 1.89. The zero-order chi connectivity index (χ0) is 21.2. The van der Waals surface area contributed by atoms with Gasteiger partial charge in [-0.2, -0.15) is 5.10 Å². The van der Waals surface area contributed by atoms with Crippen LogP contribution < -0.4 is 14.2 Å². The first-order valence-electron chi connectivity index (χ1n) is 10.0. The summed E-state index contributed by atoms with van der Waals surface area (Å²) in [6.07, 6.45) is 7.05. The van der Waals surface area contributed by atoms with Crippen LogP contribution in [0.1, 0.15) is 17.2 Å². The first-order valence-corrected chi connectivity index (χ1v) is 10.0. The maximum absolute atomic E-state index is 6.25. The molecule has 0 fully saturated rings. The first kappa shape index (κ1) is 19.4. The fourth-order valence-electron chi connectivity index (χ4n) is 3.67. The van der Waals surface area contributed by atoms with Gasteiger partial charge in [-0.25, -0.2) is 9.97 Å². The van der Waals surface area contributed by atoms with E-state index in [1.54, 1.807) is 32.9 Å². The number of benzene rings is 1. The summed E-state index contributed by atoms with van der Waals surface area (Å²) in [6, 6.07) is 7.76. The SMILES string of the molecule is COCCn1cc(C2COc3cc(Cn4cnc5cccnc54)cc(OC)c3O2)cn1. The topological polar surface area (TPSA) is 85.5 Å². The molecule has 0 radical (unpaired) electrons. The van der Waals surface area contributed by atoms with Gasteiger partial charge in [-0.15, -0.1) is 0 Å². The number of methoxy groups -OCH3 is 2. The van der Waals surface area contributed by atoms with Crippen LogP contribution in [0.2, 0.25) is 0 Å². The summed E-state index contributed by atoms with van der Waals surface area (Å²) in [5.41, 5.74) is 3.65. The van der Waals surface area contributed by atoms with Gasteiger partial charge in [0.25, 0.3) is 0 Å². The van der Waals surface area contributed by atoms with Crippen LogP contribution in [0.15, 0.2) is 49.2 Å². The number of rotatable bonds is 7. The Bertz CT molecular complexity index is 1180. The van der Waals surface area contributed by atoms with Crippen LogP contribution in [-0.2, 0) is 17.8 Å². The number of nitrogens with zero attached hydrogens (tertiary/aromatic N) is 5. The van der Waals surface area contributed by atoms with Crippen LogP contribution in [0.5, 0.6) is 17.2 Å². The average molecular weight is 421 g/mol. The molecular formula is C22H23N5O4. The van der Waals surface area contributed by atoms with Crippen molar-refractivity contribution >= 4 is 11.2 Å². The predicted octanol–water partition coefficient (Wildman–Crippen LogP) is 2.84. The molecule has 4 heterocycles. The Labute approximate surface area is 179 Å². The van der Waals surface area contributed by atoms with Gasteiger partial charge in [-0.05, 0) is 29.8 Å². The monoisotopic (exact) mass is 421 g/mol. The lowest BCUT2D eigenvalue weighted by molar-refractivity contribution is 0.0868. The molecule has 0 amide bonds. The molecule has 1 aliphatic rings. The Morgan fingerprint density at radius 1 is 1.23 bits per heavy atom. The van der Waals surface area contributed by atoms with Gasteiger partial charge >= 0.3 is 0 Å². The Morgan fingerprint density at radius 2 is 2.16 bits per heavy atom. The largest absolute Gasteiger partial charge is 0.493 e. The van der Waals surface area contributed by atoms with Gasteiger partial charge in [0.2, 0.25) is 5.75 Å². The second-order valence-electron chi connectivity index (χ2n) is 7.29. The third-order valence-electron chi connectivity index (χ3n) is 5.23. The zero-order valence-electron chi connectivity index (χ0n) is 17.4. The highest BCUT2D eigenvalue weighted by atomic mass is 16.6. The fourth-order valence-corrected chi connectivity index (χ4v) is 3.67. The van der Waals surface area contributed by atoms with E-state index in [-0.39, 0.29) is 6.10 Å². The average Bonchev–Trinajstić information content (AvgIpc) is 3.44. The maximum atomic E-state index is 6.25. The maximum Gasteiger partial charge on any atom is 0.204 e. The van der Waals surface area contributed by atoms with Crippen molar-refractivity contribution in [2.24, 2.45) is 0 Å². The van der Waals surface area contributed by atoms with Gasteiger partial charge in [-0.3, -0.25) is 4.68 Å². The highest BCUT2D eigenvalue weighted by Gasteiger charge is 2.27. The van der Waals surface area contributed by atoms with Crippen molar-refractivity contribution < 1.29 is 18.9 Å². The smallest absolute Gasteiger partial charge is 0.204 e. The Balaban J connectivity index is 1.38. The molecule has 4 aromatic rings. The second-order valence-corrected chi connectivity index (χ2v) is 7.29. The third kappa shape index (κ3) is 3.79. The van der Waals surface area contributed by atoms with Crippen LogP contribution in [0.3, 0.4) is 0 Å². The van der Waals surface area contributed by atoms with E-state index in [1.165, 1.54) is 0 Å². The molecular weight excluding hydrogens is 398 g/mol. The highest BCUT2D eigenvalue weighted by molar-refractivity contribution is 5.70. The van der Waals surface area contributed by atoms with Gasteiger partial charge in [0, 0.05) is 25.1 Å². The number of fused-ring (bicyclic) bond motifs is 2. The molecule has 0 bridgehead atoms. The summed E-state index contributed by atoms with van der Waals surface area (Å²) in [6.45, 7) is 2.27. The lowest BCUT2D eigenvalue weighted by Gasteiger charge is -2.27. The number of hydrogen-bond donors (Lipinski definition) is 0. The third-order valence-corrected chi connectivity index (χ3v) is 5.23. The van der Waals surface area contributed by atoms with Crippen molar-refractivity contribution in [2.75, 3.05) is 27.4 Å². The summed E-state index contributed by atoms with van der Waals surface area (Å²) < 4.78 is 26.9. The van der Waals surface area contributed by atoms with E-state index in [9.17, 15) is 0 Å². The Hall–Kier alpha value is -3.59. The van der Waals surface area contributed by atoms with Crippen molar-refractivity contribution in [3.05, 3.63) is 60.3 Å². The molecule has 1 unspecified atom stereocenters. The normalized spacial score (nSPS) is 15.4. The minimum absolute atomic E-state index is 0.259. The molecule has 0 aliphatic carbocycles. The van der Waals surface area contributed by atoms with E-state index in [2.05, 4.69) is 15.1 Å². The molecule has 5 rings (SSSR count). The zero-order valence-corrected chi connectivity index (χ0v) is 17.4. The molecule has 9 nitrogen and oxygen atoms in total. The molecule has 0 N–H and O–H groups in total. The van der Waals surface area contributed by atoms with E-state index in [4.69, 9.17) is 18.9 Å². The van der Waals surface area contributed by atoms with Gasteiger partial charge in [0.1, 0.15) is 12.1 Å². The van der Waals surface area contributed by atoms with Gasteiger partial charge < -0.3 is 23.5 Å². The minimum atomic E-state index is -0.259. The summed E-state index contributed by atoms with van der Waals surface area (Å²) in [7, 11) is 3.30. The fraction of sp³-hybridized carbons (Fsp3) is 0.318.